The Morgan fingerprint density at radius 1 is 1.62 bits per heavy atom. The average molecular weight is 291 g/mol. The monoisotopic (exact) mass is 291 g/mol. The number of anilines is 1. The fourth-order valence-corrected chi connectivity index (χ4v) is 2.44. The number of benzene rings is 1. The zero-order valence-corrected chi connectivity index (χ0v) is 11.2. The quantitative estimate of drug-likeness (QED) is 0.653. The van der Waals surface area contributed by atoms with Crippen molar-refractivity contribution in [3.8, 4) is 6.07 Å². The maximum atomic E-state index is 11.3. The van der Waals surface area contributed by atoms with Crippen LogP contribution in [-0.4, -0.2) is 41.8 Å². The highest BCUT2D eigenvalue weighted by Crippen LogP contribution is 2.30. The minimum Gasteiger partial charge on any atom is -0.480 e. The van der Waals surface area contributed by atoms with Crippen LogP contribution < -0.4 is 4.90 Å². The van der Waals surface area contributed by atoms with E-state index in [1.807, 2.05) is 0 Å². The van der Waals surface area contributed by atoms with Crippen molar-refractivity contribution >= 4 is 17.3 Å². The Hall–Kier alpha value is -2.66. The van der Waals surface area contributed by atoms with E-state index in [2.05, 4.69) is 0 Å². The zero-order valence-electron chi connectivity index (χ0n) is 11.2. The third-order valence-electron chi connectivity index (χ3n) is 3.51. The summed E-state index contributed by atoms with van der Waals surface area (Å²) in [5.41, 5.74) is 0.0715. The summed E-state index contributed by atoms with van der Waals surface area (Å²) in [6.45, 7) is 0.357. The normalized spacial score (nSPS) is 21.0. The van der Waals surface area contributed by atoms with Gasteiger partial charge in [0, 0.05) is 31.8 Å². The van der Waals surface area contributed by atoms with Crippen LogP contribution in [0.25, 0.3) is 0 Å². The summed E-state index contributed by atoms with van der Waals surface area (Å²) in [7, 11) is 1.50. The van der Waals surface area contributed by atoms with E-state index in [1.54, 1.807) is 11.0 Å². The van der Waals surface area contributed by atoms with Crippen LogP contribution >= 0.6 is 0 Å². The molecule has 2 atom stereocenters. The molecule has 0 radical (unpaired) electrons. The first-order valence-electron chi connectivity index (χ1n) is 6.18. The van der Waals surface area contributed by atoms with E-state index in [0.29, 0.717) is 18.7 Å². The molecule has 8 nitrogen and oxygen atoms in total. The summed E-state index contributed by atoms with van der Waals surface area (Å²) in [6.07, 6.45) is 0.0943. The number of nitro benzene ring substituents is 1. The van der Waals surface area contributed by atoms with Gasteiger partial charge in [0.25, 0.3) is 5.69 Å². The lowest BCUT2D eigenvalue weighted by molar-refractivity contribution is -0.385. The van der Waals surface area contributed by atoms with Crippen molar-refractivity contribution in [1.82, 2.24) is 0 Å². The van der Waals surface area contributed by atoms with E-state index < -0.39 is 16.9 Å². The molecular weight excluding hydrogens is 278 g/mol. The smallest absolute Gasteiger partial charge is 0.326 e. The molecule has 2 unspecified atom stereocenters. The Morgan fingerprint density at radius 2 is 2.33 bits per heavy atom. The van der Waals surface area contributed by atoms with Gasteiger partial charge in [0.2, 0.25) is 0 Å². The molecule has 21 heavy (non-hydrogen) atoms. The van der Waals surface area contributed by atoms with Gasteiger partial charge in [-0.25, -0.2) is 4.79 Å². The molecule has 110 valence electrons. The summed E-state index contributed by atoms with van der Waals surface area (Å²) in [5.74, 6) is -0.994. The van der Waals surface area contributed by atoms with Crippen LogP contribution in [0.4, 0.5) is 11.4 Å². The fraction of sp³-hybridized carbons (Fsp3) is 0.385. The van der Waals surface area contributed by atoms with Crippen molar-refractivity contribution in [3.63, 3.8) is 0 Å². The molecule has 0 saturated carbocycles. The minimum absolute atomic E-state index is 0.0949. The topological polar surface area (TPSA) is 117 Å². The zero-order chi connectivity index (χ0) is 15.6. The number of nitro groups is 1. The predicted molar refractivity (Wildman–Crippen MR) is 72.0 cm³/mol. The Bertz CT molecular complexity index is 625. The molecule has 0 spiro atoms. The first kappa shape index (κ1) is 14.7. The predicted octanol–water partition coefficient (Wildman–Crippen LogP) is 1.14. The number of nitriles is 1. The Kier molecular flexibility index (Phi) is 4.05. The molecule has 1 fully saturated rings. The van der Waals surface area contributed by atoms with Crippen molar-refractivity contribution in [2.75, 3.05) is 18.6 Å². The number of ether oxygens (including phenoxy) is 1. The van der Waals surface area contributed by atoms with E-state index in [0.717, 1.165) is 0 Å². The lowest BCUT2D eigenvalue weighted by Gasteiger charge is -2.23. The fourth-order valence-electron chi connectivity index (χ4n) is 2.44. The van der Waals surface area contributed by atoms with Crippen LogP contribution in [0, 0.1) is 21.4 Å². The lowest BCUT2D eigenvalue weighted by atomic mass is 10.1. The molecule has 1 aliphatic rings. The molecule has 1 aromatic rings. The number of carboxylic acids is 1. The van der Waals surface area contributed by atoms with Crippen LogP contribution in [-0.2, 0) is 9.53 Å². The van der Waals surface area contributed by atoms with Gasteiger partial charge in [-0.2, -0.15) is 5.26 Å². The Balaban J connectivity index is 2.39. The van der Waals surface area contributed by atoms with Crippen molar-refractivity contribution in [2.45, 2.75) is 18.6 Å². The largest absolute Gasteiger partial charge is 0.480 e. The average Bonchev–Trinajstić information content (AvgIpc) is 2.91. The van der Waals surface area contributed by atoms with E-state index in [4.69, 9.17) is 10.00 Å². The number of hydrogen-bond donors (Lipinski definition) is 1. The Labute approximate surface area is 120 Å². The maximum absolute atomic E-state index is 11.3. The van der Waals surface area contributed by atoms with Gasteiger partial charge in [-0.1, -0.05) is 0 Å². The summed E-state index contributed by atoms with van der Waals surface area (Å²) < 4.78 is 5.18. The van der Waals surface area contributed by atoms with Crippen LogP contribution in [0.2, 0.25) is 0 Å². The highest BCUT2D eigenvalue weighted by Gasteiger charge is 2.37. The van der Waals surface area contributed by atoms with E-state index in [1.165, 1.54) is 25.3 Å². The van der Waals surface area contributed by atoms with Crippen LogP contribution in [0.5, 0.6) is 0 Å². The number of hydrogen-bond acceptors (Lipinski definition) is 6. The van der Waals surface area contributed by atoms with Crippen LogP contribution in [0.3, 0.4) is 0 Å². The Morgan fingerprint density at radius 3 is 2.86 bits per heavy atom. The second-order valence-corrected chi connectivity index (χ2v) is 4.67. The molecule has 8 heteroatoms. The van der Waals surface area contributed by atoms with Gasteiger partial charge >= 0.3 is 5.97 Å². The van der Waals surface area contributed by atoms with E-state index in [9.17, 15) is 20.0 Å². The summed E-state index contributed by atoms with van der Waals surface area (Å²) in [4.78, 5) is 23.1. The minimum atomic E-state index is -0.994. The first-order valence-corrected chi connectivity index (χ1v) is 6.18. The van der Waals surface area contributed by atoms with Gasteiger partial charge in [-0.15, -0.1) is 0 Å². The van der Waals surface area contributed by atoms with Gasteiger partial charge in [0.05, 0.1) is 11.0 Å². The SMILES string of the molecule is COC1CC(C(=O)O)N(c2ccc([N+](=O)[O-])c(C#N)c2)C1. The third-order valence-corrected chi connectivity index (χ3v) is 3.51. The van der Waals surface area contributed by atoms with Gasteiger partial charge in [-0.05, 0) is 12.1 Å². The second kappa shape index (κ2) is 5.76. The number of methoxy groups -OCH3 is 1. The number of carbonyl (C=O) groups is 1. The van der Waals surface area contributed by atoms with Gasteiger partial charge < -0.3 is 14.7 Å². The number of carboxylic acid groups (broad SMARTS) is 1. The van der Waals surface area contributed by atoms with Crippen molar-refractivity contribution in [2.24, 2.45) is 0 Å². The maximum Gasteiger partial charge on any atom is 0.326 e. The molecule has 1 aromatic carbocycles. The molecule has 0 aliphatic carbocycles. The summed E-state index contributed by atoms with van der Waals surface area (Å²) in [5, 5.41) is 29.1. The molecular formula is C13H13N3O5. The molecule has 1 N–H and O–H groups in total. The van der Waals surface area contributed by atoms with Crippen molar-refractivity contribution in [1.29, 1.82) is 5.26 Å². The van der Waals surface area contributed by atoms with Gasteiger partial charge in [-0.3, -0.25) is 10.1 Å². The molecule has 1 saturated heterocycles. The molecule has 2 rings (SSSR count). The number of rotatable bonds is 4. The summed E-state index contributed by atoms with van der Waals surface area (Å²) >= 11 is 0. The molecule has 1 aliphatic heterocycles. The number of aliphatic carboxylic acids is 1. The second-order valence-electron chi connectivity index (χ2n) is 4.67. The lowest BCUT2D eigenvalue weighted by Crippen LogP contribution is -2.36. The van der Waals surface area contributed by atoms with E-state index >= 15 is 0 Å². The van der Waals surface area contributed by atoms with Gasteiger partial charge in [0.15, 0.2) is 0 Å². The highest BCUT2D eigenvalue weighted by molar-refractivity contribution is 5.79. The third kappa shape index (κ3) is 2.78. The molecule has 0 bridgehead atoms. The van der Waals surface area contributed by atoms with E-state index in [-0.39, 0.29) is 17.4 Å². The highest BCUT2D eigenvalue weighted by atomic mass is 16.6. The van der Waals surface area contributed by atoms with Crippen LogP contribution in [0.15, 0.2) is 18.2 Å². The molecule has 0 amide bonds. The van der Waals surface area contributed by atoms with Gasteiger partial charge in [0.1, 0.15) is 17.7 Å². The molecule has 1 heterocycles. The standard InChI is InChI=1S/C13H13N3O5/c1-21-10-5-12(13(17)18)15(7-10)9-2-3-11(16(19)20)8(4-9)6-14/h2-4,10,12H,5,7H2,1H3,(H,17,18). The number of nitrogens with zero attached hydrogens (tertiary/aromatic N) is 3. The van der Waals surface area contributed by atoms with Crippen LogP contribution in [0.1, 0.15) is 12.0 Å². The van der Waals surface area contributed by atoms with Crippen molar-refractivity contribution in [3.05, 3.63) is 33.9 Å². The molecule has 0 aromatic heterocycles. The first-order chi connectivity index (χ1) is 9.97. The van der Waals surface area contributed by atoms with Crippen molar-refractivity contribution < 1.29 is 19.6 Å². The summed E-state index contributed by atoms with van der Waals surface area (Å²) in [6, 6.07) is 4.99.